The smallest absolute Gasteiger partial charge is 0.287 e. The van der Waals surface area contributed by atoms with Gasteiger partial charge in [-0.25, -0.2) is 4.98 Å². The monoisotopic (exact) mass is 292 g/mol. The van der Waals surface area contributed by atoms with Crippen molar-refractivity contribution in [1.29, 1.82) is 0 Å². The van der Waals surface area contributed by atoms with Gasteiger partial charge in [0.1, 0.15) is 0 Å². The Balaban J connectivity index is 1.79. The zero-order valence-corrected chi connectivity index (χ0v) is 11.7. The molecular formula is C13H16N4O4. The molecule has 21 heavy (non-hydrogen) atoms. The number of amides is 1. The molecule has 3 N–H and O–H groups in total. The zero-order chi connectivity index (χ0) is 15.2. The van der Waals surface area contributed by atoms with Crippen molar-refractivity contribution in [2.45, 2.75) is 6.92 Å². The molecule has 0 radical (unpaired) electrons. The van der Waals surface area contributed by atoms with Crippen LogP contribution in [-0.2, 0) is 0 Å². The Kier molecular flexibility index (Phi) is 4.60. The number of furan rings is 1. The van der Waals surface area contributed by atoms with Crippen molar-refractivity contribution in [2.75, 3.05) is 25.5 Å². The summed E-state index contributed by atoms with van der Waals surface area (Å²) in [5.41, 5.74) is 0.393. The Morgan fingerprint density at radius 3 is 2.90 bits per heavy atom. The van der Waals surface area contributed by atoms with Gasteiger partial charge in [-0.15, -0.1) is 0 Å². The standard InChI is InChI=1S/C13H16N4O4/c1-8-7-10(18)17-13(16-8)15-6-5-14-12(19)9-3-4-11(20-2)21-9/h3-4,7H,5-6H2,1-2H3,(H,14,19)(H2,15,16,17,18). The fourth-order valence-electron chi connectivity index (χ4n) is 1.66. The number of rotatable bonds is 6. The first-order valence-corrected chi connectivity index (χ1v) is 6.32. The fraction of sp³-hybridized carbons (Fsp3) is 0.308. The number of H-pyrrole nitrogens is 1. The lowest BCUT2D eigenvalue weighted by molar-refractivity contribution is 0.0921. The van der Waals surface area contributed by atoms with Gasteiger partial charge in [-0.05, 0) is 13.0 Å². The van der Waals surface area contributed by atoms with Crippen LogP contribution in [0.2, 0.25) is 0 Å². The molecule has 1 amide bonds. The van der Waals surface area contributed by atoms with E-state index in [4.69, 9.17) is 9.15 Å². The normalized spacial score (nSPS) is 10.2. The molecule has 0 saturated carbocycles. The molecule has 0 fully saturated rings. The first-order valence-electron chi connectivity index (χ1n) is 6.32. The molecule has 0 aliphatic heterocycles. The largest absolute Gasteiger partial charge is 0.468 e. The van der Waals surface area contributed by atoms with Gasteiger partial charge in [0.25, 0.3) is 17.4 Å². The van der Waals surface area contributed by atoms with E-state index in [0.717, 1.165) is 0 Å². The summed E-state index contributed by atoms with van der Waals surface area (Å²) in [6, 6.07) is 4.49. The van der Waals surface area contributed by atoms with Gasteiger partial charge in [0.2, 0.25) is 5.95 Å². The van der Waals surface area contributed by atoms with E-state index in [1.54, 1.807) is 13.0 Å². The third kappa shape index (κ3) is 4.10. The van der Waals surface area contributed by atoms with Gasteiger partial charge in [-0.2, -0.15) is 0 Å². The molecule has 8 nitrogen and oxygen atoms in total. The Hall–Kier alpha value is -2.77. The number of hydrogen-bond donors (Lipinski definition) is 3. The van der Waals surface area contributed by atoms with Crippen LogP contribution in [0.5, 0.6) is 5.95 Å². The first kappa shape index (κ1) is 14.6. The number of aromatic nitrogens is 2. The highest BCUT2D eigenvalue weighted by molar-refractivity contribution is 5.91. The van der Waals surface area contributed by atoms with Crippen molar-refractivity contribution in [3.63, 3.8) is 0 Å². The SMILES string of the molecule is COc1ccc(C(=O)NCCNc2nc(C)cc(=O)[nH]2)o1. The number of nitrogens with zero attached hydrogens (tertiary/aromatic N) is 1. The van der Waals surface area contributed by atoms with E-state index >= 15 is 0 Å². The minimum absolute atomic E-state index is 0.175. The van der Waals surface area contributed by atoms with E-state index in [1.807, 2.05) is 0 Å². The molecule has 2 rings (SSSR count). The van der Waals surface area contributed by atoms with E-state index < -0.39 is 0 Å². The highest BCUT2D eigenvalue weighted by Crippen LogP contribution is 2.14. The van der Waals surface area contributed by atoms with Crippen LogP contribution in [0.15, 0.2) is 27.4 Å². The number of carbonyl (C=O) groups is 1. The lowest BCUT2D eigenvalue weighted by atomic mass is 10.4. The predicted molar refractivity (Wildman–Crippen MR) is 75.7 cm³/mol. The summed E-state index contributed by atoms with van der Waals surface area (Å²) in [6.07, 6.45) is 0. The maximum Gasteiger partial charge on any atom is 0.287 e. The quantitative estimate of drug-likeness (QED) is 0.670. The summed E-state index contributed by atoms with van der Waals surface area (Å²) in [4.78, 5) is 29.6. The van der Waals surface area contributed by atoms with Crippen LogP contribution in [0, 0.1) is 6.92 Å². The van der Waals surface area contributed by atoms with Gasteiger partial charge in [0, 0.05) is 30.9 Å². The molecule has 0 bridgehead atoms. The molecule has 0 aliphatic carbocycles. The third-order valence-corrected chi connectivity index (χ3v) is 2.58. The zero-order valence-electron chi connectivity index (χ0n) is 11.7. The van der Waals surface area contributed by atoms with E-state index in [1.165, 1.54) is 19.2 Å². The summed E-state index contributed by atoms with van der Waals surface area (Å²) >= 11 is 0. The number of ether oxygens (including phenoxy) is 1. The third-order valence-electron chi connectivity index (χ3n) is 2.58. The number of carbonyl (C=O) groups excluding carboxylic acids is 1. The molecular weight excluding hydrogens is 276 g/mol. The number of aromatic amines is 1. The Morgan fingerprint density at radius 2 is 2.24 bits per heavy atom. The van der Waals surface area contributed by atoms with Gasteiger partial charge >= 0.3 is 0 Å². The van der Waals surface area contributed by atoms with Crippen LogP contribution in [0.25, 0.3) is 0 Å². The highest BCUT2D eigenvalue weighted by atomic mass is 16.6. The van der Waals surface area contributed by atoms with Gasteiger partial charge in [-0.1, -0.05) is 0 Å². The Labute approximate surface area is 120 Å². The molecule has 0 aromatic carbocycles. The van der Waals surface area contributed by atoms with Crippen LogP contribution in [0.1, 0.15) is 16.2 Å². The van der Waals surface area contributed by atoms with Crippen LogP contribution < -0.4 is 20.9 Å². The first-order chi connectivity index (χ1) is 10.1. The van der Waals surface area contributed by atoms with Gasteiger partial charge in [-0.3, -0.25) is 14.6 Å². The topological polar surface area (TPSA) is 109 Å². The Bertz CT molecular complexity index is 677. The van der Waals surface area contributed by atoms with Crippen molar-refractivity contribution in [1.82, 2.24) is 15.3 Å². The number of nitrogens with one attached hydrogen (secondary N) is 3. The fourth-order valence-corrected chi connectivity index (χ4v) is 1.66. The molecule has 0 saturated heterocycles. The molecule has 0 aliphatic rings. The molecule has 8 heteroatoms. The second kappa shape index (κ2) is 6.60. The minimum atomic E-state index is -0.342. The molecule has 0 spiro atoms. The van der Waals surface area contributed by atoms with Crippen LogP contribution in [0.3, 0.4) is 0 Å². The van der Waals surface area contributed by atoms with Crippen molar-refractivity contribution in [3.8, 4) is 5.95 Å². The van der Waals surface area contributed by atoms with Crippen molar-refractivity contribution in [3.05, 3.63) is 40.0 Å². The predicted octanol–water partition coefficient (Wildman–Crippen LogP) is 0.522. The van der Waals surface area contributed by atoms with Gasteiger partial charge in [0.05, 0.1) is 7.11 Å². The van der Waals surface area contributed by atoms with Crippen molar-refractivity contribution >= 4 is 11.9 Å². The maximum atomic E-state index is 11.7. The molecule has 2 aromatic heterocycles. The number of methoxy groups -OCH3 is 1. The van der Waals surface area contributed by atoms with Crippen molar-refractivity contribution < 1.29 is 13.9 Å². The van der Waals surface area contributed by atoms with E-state index in [9.17, 15) is 9.59 Å². The molecule has 2 heterocycles. The van der Waals surface area contributed by atoms with Crippen LogP contribution in [-0.4, -0.2) is 36.1 Å². The van der Waals surface area contributed by atoms with E-state index in [2.05, 4.69) is 20.6 Å². The number of anilines is 1. The summed E-state index contributed by atoms with van der Waals surface area (Å²) in [5, 5.41) is 5.58. The Morgan fingerprint density at radius 1 is 1.43 bits per heavy atom. The van der Waals surface area contributed by atoms with Gasteiger partial charge in [0.15, 0.2) is 5.76 Å². The summed E-state index contributed by atoms with van der Waals surface area (Å²) in [5.74, 6) is 0.480. The molecule has 2 aromatic rings. The van der Waals surface area contributed by atoms with Crippen molar-refractivity contribution in [2.24, 2.45) is 0 Å². The minimum Gasteiger partial charge on any atom is -0.468 e. The van der Waals surface area contributed by atoms with Crippen LogP contribution in [0.4, 0.5) is 5.95 Å². The maximum absolute atomic E-state index is 11.7. The molecule has 112 valence electrons. The summed E-state index contributed by atoms with van der Waals surface area (Å²) in [6.45, 7) is 2.49. The van der Waals surface area contributed by atoms with Crippen LogP contribution >= 0.6 is 0 Å². The summed E-state index contributed by atoms with van der Waals surface area (Å²) in [7, 11) is 1.46. The van der Waals surface area contributed by atoms with E-state index in [-0.39, 0.29) is 23.2 Å². The highest BCUT2D eigenvalue weighted by Gasteiger charge is 2.10. The number of aryl methyl sites for hydroxylation is 1. The lowest BCUT2D eigenvalue weighted by Crippen LogP contribution is -2.29. The number of hydrogen-bond acceptors (Lipinski definition) is 6. The average molecular weight is 292 g/mol. The van der Waals surface area contributed by atoms with E-state index in [0.29, 0.717) is 24.7 Å². The lowest BCUT2D eigenvalue weighted by Gasteiger charge is -2.06. The second-order valence-electron chi connectivity index (χ2n) is 4.24. The average Bonchev–Trinajstić information content (AvgIpc) is 2.91. The summed E-state index contributed by atoms with van der Waals surface area (Å²) < 4.78 is 9.98. The second-order valence-corrected chi connectivity index (χ2v) is 4.24. The molecule has 0 unspecified atom stereocenters. The molecule has 0 atom stereocenters. The van der Waals surface area contributed by atoms with Gasteiger partial charge < -0.3 is 19.8 Å².